The van der Waals surface area contributed by atoms with Crippen LogP contribution in [-0.2, 0) is 9.59 Å². The summed E-state index contributed by atoms with van der Waals surface area (Å²) in [6, 6.07) is 0. The molecule has 0 aromatic heterocycles. The van der Waals surface area contributed by atoms with Crippen molar-refractivity contribution in [1.29, 1.82) is 0 Å². The van der Waals surface area contributed by atoms with Crippen molar-refractivity contribution in [2.75, 3.05) is 32.7 Å². The Hall–Kier alpha value is -0.900. The Kier molecular flexibility index (Phi) is 5.19. The lowest BCUT2D eigenvalue weighted by Gasteiger charge is -2.41. The van der Waals surface area contributed by atoms with Gasteiger partial charge < -0.3 is 4.90 Å². The van der Waals surface area contributed by atoms with Crippen LogP contribution in [0.3, 0.4) is 0 Å². The fraction of sp³-hybridized carbons (Fsp3) is 0.875. The van der Waals surface area contributed by atoms with E-state index in [1.54, 1.807) is 0 Å². The van der Waals surface area contributed by atoms with Crippen LogP contribution in [0, 0.1) is 5.41 Å². The van der Waals surface area contributed by atoms with E-state index in [1.165, 1.54) is 25.7 Å². The van der Waals surface area contributed by atoms with Gasteiger partial charge >= 0.3 is 0 Å². The number of carbonyl (C=O) groups is 2. The van der Waals surface area contributed by atoms with Gasteiger partial charge in [0.25, 0.3) is 0 Å². The summed E-state index contributed by atoms with van der Waals surface area (Å²) in [5.41, 5.74) is 0.511. The van der Waals surface area contributed by atoms with Crippen molar-refractivity contribution in [3.05, 3.63) is 0 Å². The number of hydrogen-bond donors (Lipinski definition) is 0. The van der Waals surface area contributed by atoms with Gasteiger partial charge in [-0.15, -0.1) is 0 Å². The first-order chi connectivity index (χ1) is 9.58. The molecule has 2 rings (SSSR count). The maximum Gasteiger partial charge on any atom is 0.236 e. The molecule has 0 aromatic rings. The molecule has 2 heterocycles. The first-order valence-corrected chi connectivity index (χ1v) is 8.10. The second kappa shape index (κ2) is 6.70. The molecule has 2 aliphatic heterocycles. The van der Waals surface area contributed by atoms with Crippen molar-refractivity contribution in [2.24, 2.45) is 5.41 Å². The van der Waals surface area contributed by atoms with Crippen LogP contribution in [-0.4, -0.2) is 54.2 Å². The summed E-state index contributed by atoms with van der Waals surface area (Å²) in [6.45, 7) is 8.45. The van der Waals surface area contributed by atoms with E-state index in [0.717, 1.165) is 13.1 Å². The lowest BCUT2D eigenvalue weighted by Crippen LogP contribution is -2.47. The summed E-state index contributed by atoms with van der Waals surface area (Å²) in [6.07, 6.45) is 6.01. The summed E-state index contributed by atoms with van der Waals surface area (Å²) >= 11 is 0. The fourth-order valence-corrected chi connectivity index (χ4v) is 3.44. The largest absolute Gasteiger partial charge is 0.341 e. The fourth-order valence-electron chi connectivity index (χ4n) is 3.44. The average Bonchev–Trinajstić information content (AvgIpc) is 2.49. The predicted molar refractivity (Wildman–Crippen MR) is 79.5 cm³/mol. The van der Waals surface area contributed by atoms with E-state index in [1.807, 2.05) is 4.90 Å². The minimum atomic E-state index is 0.206. The zero-order chi connectivity index (χ0) is 14.6. The van der Waals surface area contributed by atoms with Crippen LogP contribution in [0.2, 0.25) is 0 Å². The molecule has 0 bridgehead atoms. The molecule has 0 unspecified atom stereocenters. The summed E-state index contributed by atoms with van der Waals surface area (Å²) in [5.74, 6) is 0.501. The first-order valence-electron chi connectivity index (χ1n) is 8.10. The highest BCUT2D eigenvalue weighted by Crippen LogP contribution is 2.37. The molecule has 0 spiro atoms. The molecule has 0 saturated carbocycles. The van der Waals surface area contributed by atoms with Gasteiger partial charge in [0.15, 0.2) is 0 Å². The van der Waals surface area contributed by atoms with Gasteiger partial charge in [-0.05, 0) is 31.3 Å². The molecule has 4 heteroatoms. The molecule has 1 amide bonds. The van der Waals surface area contributed by atoms with Crippen molar-refractivity contribution < 1.29 is 9.59 Å². The van der Waals surface area contributed by atoms with E-state index in [2.05, 4.69) is 18.7 Å². The Morgan fingerprint density at radius 1 is 1.05 bits per heavy atom. The SMILES string of the molecule is CCC1(CC)CCN(CC(=O)N2CCC(=O)CC2)CC1. The third-order valence-corrected chi connectivity index (χ3v) is 5.45. The first kappa shape index (κ1) is 15.5. The van der Waals surface area contributed by atoms with Gasteiger partial charge in [-0.1, -0.05) is 26.7 Å². The van der Waals surface area contributed by atoms with Crippen LogP contribution in [0.15, 0.2) is 0 Å². The maximum absolute atomic E-state index is 12.2. The number of nitrogens with zero attached hydrogens (tertiary/aromatic N) is 2. The summed E-state index contributed by atoms with van der Waals surface area (Å²) in [4.78, 5) is 27.6. The number of ketones is 1. The molecule has 2 saturated heterocycles. The highest BCUT2D eigenvalue weighted by atomic mass is 16.2. The number of likely N-dealkylation sites (tertiary alicyclic amines) is 2. The number of amides is 1. The highest BCUT2D eigenvalue weighted by Gasteiger charge is 2.32. The Morgan fingerprint density at radius 3 is 2.10 bits per heavy atom. The number of Topliss-reactive ketones (excluding diaryl/α,β-unsaturated/α-hetero) is 1. The topological polar surface area (TPSA) is 40.6 Å². The number of hydrogen-bond acceptors (Lipinski definition) is 3. The normalized spacial score (nSPS) is 23.9. The zero-order valence-electron chi connectivity index (χ0n) is 13.0. The monoisotopic (exact) mass is 280 g/mol. The van der Waals surface area contributed by atoms with E-state index < -0.39 is 0 Å². The van der Waals surface area contributed by atoms with Crippen molar-refractivity contribution >= 4 is 11.7 Å². The molecule has 0 N–H and O–H groups in total. The second-order valence-corrected chi connectivity index (χ2v) is 6.40. The highest BCUT2D eigenvalue weighted by molar-refractivity contribution is 5.84. The molecule has 0 atom stereocenters. The molecular weight excluding hydrogens is 252 g/mol. The van der Waals surface area contributed by atoms with Crippen LogP contribution in [0.5, 0.6) is 0 Å². The van der Waals surface area contributed by atoms with E-state index in [-0.39, 0.29) is 5.91 Å². The van der Waals surface area contributed by atoms with Gasteiger partial charge in [0.2, 0.25) is 5.91 Å². The molecule has 2 aliphatic rings. The Morgan fingerprint density at radius 2 is 1.60 bits per heavy atom. The molecule has 0 aromatic carbocycles. The van der Waals surface area contributed by atoms with Crippen LogP contribution in [0.4, 0.5) is 0 Å². The number of carbonyl (C=O) groups excluding carboxylic acids is 2. The molecule has 20 heavy (non-hydrogen) atoms. The van der Waals surface area contributed by atoms with Crippen molar-refractivity contribution in [3.8, 4) is 0 Å². The van der Waals surface area contributed by atoms with E-state index >= 15 is 0 Å². The summed E-state index contributed by atoms with van der Waals surface area (Å²) in [5, 5.41) is 0. The number of rotatable bonds is 4. The number of piperidine rings is 2. The van der Waals surface area contributed by atoms with Gasteiger partial charge in [0, 0.05) is 25.9 Å². The van der Waals surface area contributed by atoms with Crippen molar-refractivity contribution in [1.82, 2.24) is 9.80 Å². The Bertz CT molecular complexity index is 343. The van der Waals surface area contributed by atoms with Crippen LogP contribution >= 0.6 is 0 Å². The molecular formula is C16H28N2O2. The molecule has 0 aliphatic carbocycles. The smallest absolute Gasteiger partial charge is 0.236 e. The summed E-state index contributed by atoms with van der Waals surface area (Å²) < 4.78 is 0. The van der Waals surface area contributed by atoms with Gasteiger partial charge in [-0.2, -0.15) is 0 Å². The average molecular weight is 280 g/mol. The molecule has 114 valence electrons. The van der Waals surface area contributed by atoms with Crippen LogP contribution < -0.4 is 0 Å². The van der Waals surface area contributed by atoms with Crippen LogP contribution in [0.25, 0.3) is 0 Å². The van der Waals surface area contributed by atoms with Crippen molar-refractivity contribution in [3.63, 3.8) is 0 Å². The maximum atomic E-state index is 12.2. The second-order valence-electron chi connectivity index (χ2n) is 6.40. The van der Waals surface area contributed by atoms with Crippen LogP contribution in [0.1, 0.15) is 52.4 Å². The lowest BCUT2D eigenvalue weighted by atomic mass is 9.74. The van der Waals surface area contributed by atoms with E-state index in [0.29, 0.717) is 43.7 Å². The quantitative estimate of drug-likeness (QED) is 0.791. The predicted octanol–water partition coefficient (Wildman–Crippen LogP) is 2.08. The van der Waals surface area contributed by atoms with Gasteiger partial charge in [-0.3, -0.25) is 14.5 Å². The Labute approximate surface area is 122 Å². The minimum absolute atomic E-state index is 0.206. The summed E-state index contributed by atoms with van der Waals surface area (Å²) in [7, 11) is 0. The van der Waals surface area contributed by atoms with E-state index in [9.17, 15) is 9.59 Å². The van der Waals surface area contributed by atoms with Crippen molar-refractivity contribution in [2.45, 2.75) is 52.4 Å². The zero-order valence-corrected chi connectivity index (χ0v) is 13.0. The Balaban J connectivity index is 1.77. The third kappa shape index (κ3) is 3.60. The van der Waals surface area contributed by atoms with Gasteiger partial charge in [-0.25, -0.2) is 0 Å². The molecule has 2 fully saturated rings. The van der Waals surface area contributed by atoms with Gasteiger partial charge in [0.1, 0.15) is 5.78 Å². The van der Waals surface area contributed by atoms with E-state index in [4.69, 9.17) is 0 Å². The minimum Gasteiger partial charge on any atom is -0.341 e. The molecule has 4 nitrogen and oxygen atoms in total. The van der Waals surface area contributed by atoms with Gasteiger partial charge in [0.05, 0.1) is 6.54 Å². The molecule has 0 radical (unpaired) electrons. The standard InChI is InChI=1S/C16H28N2O2/c1-3-16(4-2)7-11-17(12-8-16)13-15(20)18-9-5-14(19)6-10-18/h3-13H2,1-2H3. The lowest BCUT2D eigenvalue weighted by molar-refractivity contribution is -0.136. The third-order valence-electron chi connectivity index (χ3n) is 5.45.